The lowest BCUT2D eigenvalue weighted by molar-refractivity contribution is -0.115. The molecule has 2 aromatic rings. The fourth-order valence-corrected chi connectivity index (χ4v) is 4.21. The van der Waals surface area contributed by atoms with Gasteiger partial charge in [-0.15, -0.1) is 0 Å². The number of hydrogen-bond donors (Lipinski definition) is 1. The Kier molecular flexibility index (Phi) is 4.49. The van der Waals surface area contributed by atoms with Crippen LogP contribution in [-0.4, -0.2) is 15.6 Å². The topological polar surface area (TPSA) is 46.4 Å². The van der Waals surface area contributed by atoms with Crippen LogP contribution < -0.4 is 5.32 Å². The minimum absolute atomic E-state index is 0.0778. The standard InChI is InChI=1S/C20H21N3OS/c1-14-6-2-5-9-17(14)21-20-22-19(24)18(25-20)12-15-10-11-23(13-15)16-7-3-4-8-16/h2,5-6,9-13,16H,3-4,7-8H2,1H3,(H,21,22,24)/b18-12+. The summed E-state index contributed by atoms with van der Waals surface area (Å²) in [7, 11) is 0. The number of rotatable bonds is 3. The van der Waals surface area contributed by atoms with Gasteiger partial charge in [-0.3, -0.25) is 4.79 Å². The molecular formula is C20H21N3OS. The molecule has 0 radical (unpaired) electrons. The molecule has 1 saturated heterocycles. The molecule has 0 unspecified atom stereocenters. The maximum absolute atomic E-state index is 12.2. The Morgan fingerprint density at radius 1 is 1.24 bits per heavy atom. The predicted molar refractivity (Wildman–Crippen MR) is 104 cm³/mol. The monoisotopic (exact) mass is 351 g/mol. The van der Waals surface area contributed by atoms with Gasteiger partial charge in [-0.2, -0.15) is 0 Å². The third kappa shape index (κ3) is 3.56. The molecule has 1 aliphatic heterocycles. The lowest BCUT2D eigenvalue weighted by atomic mass is 10.2. The van der Waals surface area contributed by atoms with Crippen molar-refractivity contribution in [2.24, 2.45) is 4.99 Å². The summed E-state index contributed by atoms with van der Waals surface area (Å²) in [4.78, 5) is 17.5. The Bertz CT molecular complexity index is 859. The van der Waals surface area contributed by atoms with E-state index in [1.54, 1.807) is 0 Å². The van der Waals surface area contributed by atoms with E-state index < -0.39 is 0 Å². The zero-order valence-electron chi connectivity index (χ0n) is 14.2. The number of nitrogens with one attached hydrogen (secondary N) is 1. The van der Waals surface area contributed by atoms with Gasteiger partial charge in [0.15, 0.2) is 5.17 Å². The molecule has 2 aliphatic rings. The number of aryl methyl sites for hydroxylation is 1. The summed E-state index contributed by atoms with van der Waals surface area (Å²) in [6, 6.07) is 10.6. The first-order valence-electron chi connectivity index (χ1n) is 8.72. The smallest absolute Gasteiger partial charge is 0.264 e. The molecule has 4 nitrogen and oxygen atoms in total. The van der Waals surface area contributed by atoms with Crippen molar-refractivity contribution >= 4 is 34.6 Å². The highest BCUT2D eigenvalue weighted by atomic mass is 32.2. The Morgan fingerprint density at radius 3 is 2.84 bits per heavy atom. The van der Waals surface area contributed by atoms with Crippen LogP contribution >= 0.6 is 11.8 Å². The van der Waals surface area contributed by atoms with Crippen molar-refractivity contribution in [1.82, 2.24) is 9.88 Å². The van der Waals surface area contributed by atoms with Crippen LogP contribution in [0.3, 0.4) is 0 Å². The van der Waals surface area contributed by atoms with E-state index in [-0.39, 0.29) is 5.91 Å². The van der Waals surface area contributed by atoms with Crippen LogP contribution in [0.4, 0.5) is 5.69 Å². The molecule has 0 bridgehead atoms. The van der Waals surface area contributed by atoms with Crippen LogP contribution in [-0.2, 0) is 4.79 Å². The van der Waals surface area contributed by atoms with Gasteiger partial charge in [0.1, 0.15) is 0 Å². The fourth-order valence-electron chi connectivity index (χ4n) is 3.38. The molecule has 25 heavy (non-hydrogen) atoms. The maximum atomic E-state index is 12.2. The van der Waals surface area contributed by atoms with Crippen LogP contribution in [0.15, 0.2) is 52.6 Å². The third-order valence-corrected chi connectivity index (χ3v) is 5.68. The molecule has 5 heteroatoms. The van der Waals surface area contributed by atoms with Crippen LogP contribution in [0.2, 0.25) is 0 Å². The predicted octanol–water partition coefficient (Wildman–Crippen LogP) is 4.80. The zero-order chi connectivity index (χ0) is 17.2. The normalized spacial score (nSPS) is 21.4. The molecule has 0 atom stereocenters. The Hall–Kier alpha value is -2.27. The van der Waals surface area contributed by atoms with Crippen molar-refractivity contribution in [2.45, 2.75) is 38.6 Å². The average Bonchev–Trinajstić information content (AvgIpc) is 3.32. The molecule has 1 aromatic heterocycles. The largest absolute Gasteiger partial charge is 0.351 e. The molecule has 1 saturated carbocycles. The van der Waals surface area contributed by atoms with Crippen LogP contribution in [0, 0.1) is 6.92 Å². The number of amidine groups is 1. The number of nitrogens with zero attached hydrogens (tertiary/aromatic N) is 2. The first kappa shape index (κ1) is 16.2. The van der Waals surface area contributed by atoms with E-state index in [4.69, 9.17) is 0 Å². The maximum Gasteiger partial charge on any atom is 0.264 e. The minimum atomic E-state index is -0.0778. The molecule has 1 aliphatic carbocycles. The summed E-state index contributed by atoms with van der Waals surface area (Å²) in [5.74, 6) is -0.0778. The fraction of sp³-hybridized carbons (Fsp3) is 0.300. The highest BCUT2D eigenvalue weighted by Crippen LogP contribution is 2.32. The van der Waals surface area contributed by atoms with Crippen molar-refractivity contribution in [2.75, 3.05) is 0 Å². The lowest BCUT2D eigenvalue weighted by Gasteiger charge is -2.10. The molecule has 1 N–H and O–H groups in total. The van der Waals surface area contributed by atoms with Gasteiger partial charge in [0.2, 0.25) is 0 Å². The summed E-state index contributed by atoms with van der Waals surface area (Å²) >= 11 is 1.40. The summed E-state index contributed by atoms with van der Waals surface area (Å²) < 4.78 is 2.29. The minimum Gasteiger partial charge on any atom is -0.351 e. The number of aromatic nitrogens is 1. The SMILES string of the molecule is Cc1ccccc1N=C1NC(=O)/C(=C\c2ccn(C3CCCC3)c2)S1. The summed E-state index contributed by atoms with van der Waals surface area (Å²) in [5.41, 5.74) is 3.05. The second-order valence-corrected chi connectivity index (χ2v) is 7.63. The van der Waals surface area contributed by atoms with E-state index in [0.717, 1.165) is 16.8 Å². The van der Waals surface area contributed by atoms with Crippen molar-refractivity contribution in [1.29, 1.82) is 0 Å². The summed E-state index contributed by atoms with van der Waals surface area (Å²) in [6.45, 7) is 2.02. The lowest BCUT2D eigenvalue weighted by Crippen LogP contribution is -2.19. The van der Waals surface area contributed by atoms with E-state index >= 15 is 0 Å². The number of carbonyl (C=O) groups excluding carboxylic acids is 1. The third-order valence-electron chi connectivity index (χ3n) is 4.77. The van der Waals surface area contributed by atoms with Crippen LogP contribution in [0.25, 0.3) is 6.08 Å². The van der Waals surface area contributed by atoms with Gasteiger partial charge in [-0.05, 0) is 60.9 Å². The number of thioether (sulfide) groups is 1. The van der Waals surface area contributed by atoms with E-state index in [1.807, 2.05) is 37.3 Å². The first-order chi connectivity index (χ1) is 12.2. The Balaban J connectivity index is 1.52. The number of para-hydroxylation sites is 1. The molecule has 128 valence electrons. The number of carbonyl (C=O) groups is 1. The molecule has 2 fully saturated rings. The Labute approximate surface area is 152 Å². The highest BCUT2D eigenvalue weighted by molar-refractivity contribution is 8.18. The second kappa shape index (κ2) is 6.92. The van der Waals surface area contributed by atoms with Crippen molar-refractivity contribution in [3.05, 3.63) is 58.8 Å². The van der Waals surface area contributed by atoms with E-state index in [1.165, 1.54) is 37.4 Å². The number of aliphatic imine (C=N–C) groups is 1. The van der Waals surface area contributed by atoms with Crippen LogP contribution in [0.1, 0.15) is 42.9 Å². The molecule has 1 aromatic carbocycles. The molecule has 2 heterocycles. The second-order valence-electron chi connectivity index (χ2n) is 6.60. The van der Waals surface area contributed by atoms with Gasteiger partial charge in [0.25, 0.3) is 5.91 Å². The van der Waals surface area contributed by atoms with Crippen molar-refractivity contribution < 1.29 is 4.79 Å². The number of benzene rings is 1. The average molecular weight is 351 g/mol. The number of hydrogen-bond acceptors (Lipinski definition) is 3. The van der Waals surface area contributed by atoms with Gasteiger partial charge < -0.3 is 9.88 Å². The molecule has 0 spiro atoms. The summed E-state index contributed by atoms with van der Waals surface area (Å²) in [6.07, 6.45) is 11.4. The molecular weight excluding hydrogens is 330 g/mol. The summed E-state index contributed by atoms with van der Waals surface area (Å²) in [5, 5.41) is 3.50. The van der Waals surface area contributed by atoms with E-state index in [9.17, 15) is 4.79 Å². The van der Waals surface area contributed by atoms with Gasteiger partial charge in [0, 0.05) is 18.4 Å². The van der Waals surface area contributed by atoms with Gasteiger partial charge >= 0.3 is 0 Å². The highest BCUT2D eigenvalue weighted by Gasteiger charge is 2.24. The van der Waals surface area contributed by atoms with Gasteiger partial charge in [-0.1, -0.05) is 31.0 Å². The van der Waals surface area contributed by atoms with Gasteiger partial charge in [-0.25, -0.2) is 4.99 Å². The zero-order valence-corrected chi connectivity index (χ0v) is 15.1. The number of amides is 1. The van der Waals surface area contributed by atoms with Crippen molar-refractivity contribution in [3.63, 3.8) is 0 Å². The molecule has 1 amide bonds. The molecule has 4 rings (SSSR count). The first-order valence-corrected chi connectivity index (χ1v) is 9.53. The quantitative estimate of drug-likeness (QED) is 0.807. The van der Waals surface area contributed by atoms with Crippen LogP contribution in [0.5, 0.6) is 0 Å². The van der Waals surface area contributed by atoms with E-state index in [2.05, 4.69) is 33.3 Å². The Morgan fingerprint density at radius 2 is 2.04 bits per heavy atom. The van der Waals surface area contributed by atoms with Crippen molar-refractivity contribution in [3.8, 4) is 0 Å². The van der Waals surface area contributed by atoms with Gasteiger partial charge in [0.05, 0.1) is 10.6 Å². The van der Waals surface area contributed by atoms with E-state index in [0.29, 0.717) is 16.1 Å².